The van der Waals surface area contributed by atoms with Crippen LogP contribution in [0.2, 0.25) is 0 Å². The van der Waals surface area contributed by atoms with Crippen molar-refractivity contribution in [1.29, 1.82) is 0 Å². The van der Waals surface area contributed by atoms with Gasteiger partial charge in [-0.25, -0.2) is 4.79 Å². The van der Waals surface area contributed by atoms with E-state index in [9.17, 15) is 29.4 Å². The molecule has 3 fully saturated rings. The Morgan fingerprint density at radius 3 is 2.25 bits per heavy atom. The fourth-order valence-electron chi connectivity index (χ4n) is 12.1. The Morgan fingerprint density at radius 2 is 1.56 bits per heavy atom. The van der Waals surface area contributed by atoms with Crippen molar-refractivity contribution < 1.29 is 57.8 Å². The number of aliphatic hydroxyl groups is 2. The number of hydrogen-bond donors (Lipinski definition) is 2. The predicted molar refractivity (Wildman–Crippen MR) is 299 cm³/mol. The molecule has 5 aliphatic rings. The maximum atomic E-state index is 14.3. The number of methoxy groups -OCH3 is 3. The molecule has 14 nitrogen and oxygen atoms in total. The van der Waals surface area contributed by atoms with Crippen LogP contribution in [0.1, 0.15) is 135 Å². The predicted octanol–water partition coefficient (Wildman–Crippen LogP) is 9.68. The molecule has 2 aromatic rings. The Balaban J connectivity index is 0.000000377. The molecular formula is C62H89ClN2O12. The maximum Gasteiger partial charge on any atom is 0.329 e. The minimum absolute atomic E-state index is 0.0425. The molecule has 0 unspecified atom stereocenters. The van der Waals surface area contributed by atoms with E-state index in [2.05, 4.69) is 74.5 Å². The Morgan fingerprint density at radius 1 is 0.883 bits per heavy atom. The van der Waals surface area contributed by atoms with Crippen molar-refractivity contribution in [1.82, 2.24) is 9.80 Å². The zero-order chi connectivity index (χ0) is 56.1. The molecule has 2 aromatic carbocycles. The van der Waals surface area contributed by atoms with Crippen LogP contribution in [-0.2, 0) is 49.5 Å². The zero-order valence-electron chi connectivity index (χ0n) is 47.7. The van der Waals surface area contributed by atoms with Gasteiger partial charge < -0.3 is 48.4 Å². The number of halogens is 1. The molecule has 15 heteroatoms. The van der Waals surface area contributed by atoms with Crippen LogP contribution in [0, 0.1) is 29.6 Å². The Labute approximate surface area is 463 Å². The summed E-state index contributed by atoms with van der Waals surface area (Å²) in [7, 11) is 8.93. The molecular weight excluding hydrogens is 1000 g/mol. The fourth-order valence-corrected chi connectivity index (χ4v) is 12.4. The lowest BCUT2D eigenvalue weighted by atomic mass is 9.82. The molecule has 2 bridgehead atoms. The monoisotopic (exact) mass is 1090 g/mol. The Hall–Kier alpha value is -4.25. The number of allylic oxidation sites excluding steroid dienone is 3. The Kier molecular flexibility index (Phi) is 23.1. The molecule has 1 saturated carbocycles. The third-order valence-corrected chi connectivity index (χ3v) is 17.1. The summed E-state index contributed by atoms with van der Waals surface area (Å²) in [6.07, 6.45) is 8.54. The SMILES string of the molecule is CC[C@@H]1/C=C(\C)C[C@H](C)C[C@H](OC)[C@H]2O[C@@](O)(C(=O)C(=O)N3CCCC[C@H]3C(=O)O[C@H](/C(C)=C/[C@@H]3CC[C@@H](Cl)[C@H](OC)C3)[C@H](C)[C@@H](O)CC1=O)[C@H](C)C[C@@H]2OC.CN(C)CCC=C1c2ccccc2COc2ccccc21. The molecule has 0 radical (unpaired) electrons. The van der Waals surface area contributed by atoms with E-state index in [1.54, 1.807) is 21.0 Å². The highest BCUT2D eigenvalue weighted by Crippen LogP contribution is 2.41. The number of para-hydroxylation sites is 1. The summed E-state index contributed by atoms with van der Waals surface area (Å²) in [5.41, 5.74) is 6.74. The van der Waals surface area contributed by atoms with Gasteiger partial charge in [-0.1, -0.05) is 94.0 Å². The number of carbonyl (C=O) groups is 4. The molecule has 4 aliphatic heterocycles. The number of esters is 1. The zero-order valence-corrected chi connectivity index (χ0v) is 48.5. The minimum Gasteiger partial charge on any atom is -0.488 e. The summed E-state index contributed by atoms with van der Waals surface area (Å²) in [6, 6.07) is 15.7. The molecule has 77 heavy (non-hydrogen) atoms. The van der Waals surface area contributed by atoms with Crippen molar-refractivity contribution in [3.63, 3.8) is 0 Å². The first-order chi connectivity index (χ1) is 36.7. The standard InChI is InChI=1S/C43H68ClNO11.C19H21NO/c1-10-30-18-24(2)17-25(3)19-36(53-8)39-37(54-9)21-27(5)43(51,56-39)40(48)41(49)45-16-12-11-13-32(45)42(50)55-38(28(6)33(46)23-34(30)47)26(4)20-29-14-15-31(44)35(22-29)52-7;1-20(2)13-7-11-17-16-9-4-3-8-15(16)14-21-19-12-6-5-10-18(17)19/h18,20,25,27-33,35-39,46,51H,10-17,19,21-23H2,1-9H3;3-6,8-12H,7,13-14H2,1-2H3/b24-18+,26-20+;/t25-,27+,28+,29-,30+,31+,32-,33-,35+,36-,37-,38+,39+,43+;/m0./s1. The van der Waals surface area contributed by atoms with Gasteiger partial charge in [-0.15, -0.1) is 11.6 Å². The second-order valence-corrected chi connectivity index (χ2v) is 23.3. The van der Waals surface area contributed by atoms with Crippen LogP contribution in [0.4, 0.5) is 0 Å². The highest BCUT2D eigenvalue weighted by Gasteiger charge is 2.56. The van der Waals surface area contributed by atoms with Crippen LogP contribution in [0.5, 0.6) is 5.75 Å². The topological polar surface area (TPSA) is 171 Å². The number of rotatable bonds is 9. The van der Waals surface area contributed by atoms with Crippen LogP contribution < -0.4 is 4.74 Å². The van der Waals surface area contributed by atoms with Crippen molar-refractivity contribution in [2.75, 3.05) is 48.5 Å². The minimum atomic E-state index is -2.49. The normalized spacial score (nSPS) is 34.4. The number of ether oxygens (including phenoxy) is 6. The summed E-state index contributed by atoms with van der Waals surface area (Å²) in [5, 5.41) is 23.6. The molecule has 1 aliphatic carbocycles. The van der Waals surface area contributed by atoms with E-state index >= 15 is 0 Å². The number of aliphatic hydroxyl groups excluding tert-OH is 1. The maximum absolute atomic E-state index is 14.3. The van der Waals surface area contributed by atoms with E-state index in [1.807, 2.05) is 39.0 Å². The van der Waals surface area contributed by atoms with Crippen molar-refractivity contribution in [3.8, 4) is 5.75 Å². The van der Waals surface area contributed by atoms with Gasteiger partial charge >= 0.3 is 5.97 Å². The molecule has 2 N–H and O–H groups in total. The number of piperidine rings is 1. The van der Waals surface area contributed by atoms with E-state index < -0.39 is 77.8 Å². The number of alkyl halides is 1. The van der Waals surface area contributed by atoms with Crippen LogP contribution >= 0.6 is 11.6 Å². The summed E-state index contributed by atoms with van der Waals surface area (Å²) < 4.78 is 35.9. The highest BCUT2D eigenvalue weighted by molar-refractivity contribution is 6.39. The van der Waals surface area contributed by atoms with Gasteiger partial charge in [0.25, 0.3) is 11.7 Å². The first-order valence-electron chi connectivity index (χ1n) is 28.1. The number of benzene rings is 2. The van der Waals surface area contributed by atoms with E-state index in [0.717, 1.165) is 37.1 Å². The number of ketones is 2. The number of carbonyl (C=O) groups excluding carboxylic acids is 4. The molecule has 0 spiro atoms. The highest BCUT2D eigenvalue weighted by atomic mass is 35.5. The van der Waals surface area contributed by atoms with Crippen molar-refractivity contribution >= 4 is 40.6 Å². The molecule has 14 atom stereocenters. The first-order valence-corrected chi connectivity index (χ1v) is 28.6. The number of amides is 1. The number of cyclic esters (lactones) is 1. The van der Waals surface area contributed by atoms with Gasteiger partial charge in [0, 0.05) is 64.2 Å². The average Bonchev–Trinajstić information content (AvgIpc) is 3.57. The van der Waals surface area contributed by atoms with Crippen LogP contribution in [0.25, 0.3) is 5.57 Å². The molecule has 4 heterocycles. The van der Waals surface area contributed by atoms with Gasteiger partial charge in [0.2, 0.25) is 5.79 Å². The summed E-state index contributed by atoms with van der Waals surface area (Å²) in [5.74, 6) is -6.33. The van der Waals surface area contributed by atoms with E-state index in [0.29, 0.717) is 50.7 Å². The second kappa shape index (κ2) is 28.8. The third-order valence-electron chi connectivity index (χ3n) is 16.6. The summed E-state index contributed by atoms with van der Waals surface area (Å²) >= 11 is 6.52. The number of nitrogens with zero attached hydrogens (tertiary/aromatic N) is 2. The molecule has 1 amide bonds. The number of fused-ring (bicyclic) bond motifs is 5. The van der Waals surface area contributed by atoms with E-state index in [-0.39, 0.29) is 54.9 Å². The molecule has 426 valence electrons. The van der Waals surface area contributed by atoms with Gasteiger partial charge in [0.15, 0.2) is 0 Å². The van der Waals surface area contributed by atoms with Gasteiger partial charge in [0.1, 0.15) is 36.4 Å². The largest absolute Gasteiger partial charge is 0.488 e. The fraction of sp³-hybridized carbons (Fsp3) is 0.645. The van der Waals surface area contributed by atoms with Gasteiger partial charge in [0.05, 0.1) is 29.8 Å². The van der Waals surface area contributed by atoms with Crippen molar-refractivity contribution in [3.05, 3.63) is 94.6 Å². The lowest BCUT2D eigenvalue weighted by Gasteiger charge is -2.47. The summed E-state index contributed by atoms with van der Waals surface area (Å²) in [4.78, 5) is 59.9. The Bertz CT molecular complexity index is 2360. The smallest absolute Gasteiger partial charge is 0.329 e. The molecule has 7 rings (SSSR count). The first kappa shape index (κ1) is 62.0. The van der Waals surface area contributed by atoms with E-state index in [1.165, 1.54) is 41.4 Å². The second-order valence-electron chi connectivity index (χ2n) is 22.8. The van der Waals surface area contributed by atoms with Crippen LogP contribution in [0.15, 0.2) is 77.9 Å². The van der Waals surface area contributed by atoms with Crippen LogP contribution in [-0.4, -0.2) is 146 Å². The molecule has 2 saturated heterocycles. The average molecular weight is 1090 g/mol. The molecule has 0 aromatic heterocycles. The van der Waals surface area contributed by atoms with Crippen molar-refractivity contribution in [2.24, 2.45) is 29.6 Å². The van der Waals surface area contributed by atoms with Gasteiger partial charge in [-0.05, 0) is 139 Å². The lowest BCUT2D eigenvalue weighted by Crippen LogP contribution is -2.64. The van der Waals surface area contributed by atoms with E-state index in [4.69, 9.17) is 40.0 Å². The van der Waals surface area contributed by atoms with Crippen LogP contribution in [0.3, 0.4) is 0 Å². The number of Topliss-reactive ketones (excluding diaryl/α,β-unsaturated/α-hetero) is 2. The quantitative estimate of drug-likeness (QED) is 0.105. The third kappa shape index (κ3) is 15.6. The van der Waals surface area contributed by atoms with Gasteiger partial charge in [-0.3, -0.25) is 14.4 Å². The summed E-state index contributed by atoms with van der Waals surface area (Å²) in [6.45, 7) is 13.0. The van der Waals surface area contributed by atoms with Gasteiger partial charge in [-0.2, -0.15) is 0 Å². The lowest BCUT2D eigenvalue weighted by molar-refractivity contribution is -0.302. The van der Waals surface area contributed by atoms with Crippen molar-refractivity contribution in [2.45, 2.75) is 179 Å². The number of hydrogen-bond acceptors (Lipinski definition) is 13.